The molecule has 0 bridgehead atoms. The molecule has 0 radical (unpaired) electrons. The number of hydrogen-bond donors (Lipinski definition) is 0. The number of benzene rings is 3. The van der Waals surface area contributed by atoms with Crippen molar-refractivity contribution in [2.45, 2.75) is 27.7 Å². The maximum Gasteiger partial charge on any atom is 0.344 e. The third-order valence-corrected chi connectivity index (χ3v) is 4.74. The van der Waals surface area contributed by atoms with E-state index in [4.69, 9.17) is 9.47 Å². The molecule has 0 saturated heterocycles. The molecule has 0 amide bonds. The van der Waals surface area contributed by atoms with Crippen molar-refractivity contribution in [1.82, 2.24) is 0 Å². The lowest BCUT2D eigenvalue weighted by molar-refractivity contribution is 0.0692. The summed E-state index contributed by atoms with van der Waals surface area (Å²) in [5, 5.41) is 0. The maximum atomic E-state index is 12.7. The van der Waals surface area contributed by atoms with Crippen LogP contribution in [-0.2, 0) is 0 Å². The van der Waals surface area contributed by atoms with Crippen LogP contribution in [0.2, 0.25) is 0 Å². The summed E-state index contributed by atoms with van der Waals surface area (Å²) in [4.78, 5) is 25.3. The molecule has 4 nitrogen and oxygen atoms in total. The first-order chi connectivity index (χ1) is 13.3. The SMILES string of the molecule is Cc1ccc(OC(=O)c2ccccc2C(=O)Oc2ccc(C)c(C)c2)cc1C. The summed E-state index contributed by atoms with van der Waals surface area (Å²) in [6.45, 7) is 7.86. The highest BCUT2D eigenvalue weighted by molar-refractivity contribution is 6.04. The van der Waals surface area contributed by atoms with E-state index >= 15 is 0 Å². The monoisotopic (exact) mass is 374 g/mol. The largest absolute Gasteiger partial charge is 0.423 e. The average Bonchev–Trinajstić information content (AvgIpc) is 2.67. The van der Waals surface area contributed by atoms with E-state index in [1.54, 1.807) is 48.5 Å². The molecule has 0 aliphatic carbocycles. The molecule has 28 heavy (non-hydrogen) atoms. The molecule has 0 N–H and O–H groups in total. The Bertz CT molecular complexity index is 966. The molecule has 4 heteroatoms. The van der Waals surface area contributed by atoms with Gasteiger partial charge in [-0.05, 0) is 86.3 Å². The van der Waals surface area contributed by atoms with Gasteiger partial charge in [0, 0.05) is 0 Å². The molecular weight excluding hydrogens is 352 g/mol. The van der Waals surface area contributed by atoms with Crippen molar-refractivity contribution in [3.8, 4) is 11.5 Å². The highest BCUT2D eigenvalue weighted by Crippen LogP contribution is 2.21. The molecule has 0 spiro atoms. The van der Waals surface area contributed by atoms with Gasteiger partial charge in [0.15, 0.2) is 0 Å². The van der Waals surface area contributed by atoms with E-state index in [0.717, 1.165) is 22.3 Å². The lowest BCUT2D eigenvalue weighted by Gasteiger charge is -2.11. The summed E-state index contributed by atoms with van der Waals surface area (Å²) in [6.07, 6.45) is 0. The number of hydrogen-bond acceptors (Lipinski definition) is 4. The van der Waals surface area contributed by atoms with Crippen LogP contribution in [0.1, 0.15) is 43.0 Å². The van der Waals surface area contributed by atoms with Crippen molar-refractivity contribution in [3.05, 3.63) is 94.0 Å². The van der Waals surface area contributed by atoms with Gasteiger partial charge in [-0.2, -0.15) is 0 Å². The standard InChI is InChI=1S/C24H22O4/c1-15-9-11-19(13-17(15)3)27-23(25)21-7-5-6-8-22(21)24(26)28-20-12-10-16(2)18(4)14-20/h5-14H,1-4H3. The van der Waals surface area contributed by atoms with Crippen LogP contribution in [0.15, 0.2) is 60.7 Å². The van der Waals surface area contributed by atoms with Gasteiger partial charge in [-0.1, -0.05) is 24.3 Å². The summed E-state index contributed by atoms with van der Waals surface area (Å²) < 4.78 is 10.9. The normalized spacial score (nSPS) is 10.4. The van der Waals surface area contributed by atoms with Crippen LogP contribution in [0.25, 0.3) is 0 Å². The van der Waals surface area contributed by atoms with E-state index in [1.807, 2.05) is 39.8 Å². The summed E-state index contributed by atoms with van der Waals surface area (Å²) in [7, 11) is 0. The van der Waals surface area contributed by atoms with Crippen molar-refractivity contribution >= 4 is 11.9 Å². The minimum atomic E-state index is -0.601. The van der Waals surface area contributed by atoms with Gasteiger partial charge in [-0.15, -0.1) is 0 Å². The molecule has 0 atom stereocenters. The zero-order chi connectivity index (χ0) is 20.3. The van der Waals surface area contributed by atoms with Crippen LogP contribution >= 0.6 is 0 Å². The predicted molar refractivity (Wildman–Crippen MR) is 108 cm³/mol. The minimum absolute atomic E-state index is 0.162. The lowest BCUT2D eigenvalue weighted by Crippen LogP contribution is -2.17. The summed E-state index contributed by atoms with van der Waals surface area (Å²) >= 11 is 0. The number of carbonyl (C=O) groups is 2. The second-order valence-corrected chi connectivity index (χ2v) is 6.82. The van der Waals surface area contributed by atoms with Gasteiger partial charge in [0.05, 0.1) is 11.1 Å². The van der Waals surface area contributed by atoms with Gasteiger partial charge in [-0.3, -0.25) is 0 Å². The fourth-order valence-electron chi connectivity index (χ4n) is 2.72. The topological polar surface area (TPSA) is 52.6 Å². The maximum absolute atomic E-state index is 12.7. The Morgan fingerprint density at radius 3 is 1.32 bits per heavy atom. The van der Waals surface area contributed by atoms with E-state index in [1.165, 1.54) is 0 Å². The van der Waals surface area contributed by atoms with Crippen molar-refractivity contribution < 1.29 is 19.1 Å². The van der Waals surface area contributed by atoms with Gasteiger partial charge in [-0.25, -0.2) is 9.59 Å². The van der Waals surface area contributed by atoms with Crippen molar-refractivity contribution in [2.24, 2.45) is 0 Å². The Morgan fingerprint density at radius 2 is 0.964 bits per heavy atom. The van der Waals surface area contributed by atoms with E-state index in [-0.39, 0.29) is 11.1 Å². The van der Waals surface area contributed by atoms with E-state index in [0.29, 0.717) is 11.5 Å². The number of rotatable bonds is 4. The zero-order valence-electron chi connectivity index (χ0n) is 16.4. The van der Waals surface area contributed by atoms with Crippen LogP contribution in [0.4, 0.5) is 0 Å². The third kappa shape index (κ3) is 4.29. The number of aryl methyl sites for hydroxylation is 4. The van der Waals surface area contributed by atoms with Crippen molar-refractivity contribution in [3.63, 3.8) is 0 Å². The summed E-state index contributed by atoms with van der Waals surface area (Å²) in [6, 6.07) is 17.3. The predicted octanol–water partition coefficient (Wildman–Crippen LogP) is 5.36. The van der Waals surface area contributed by atoms with Crippen LogP contribution in [0, 0.1) is 27.7 Å². The third-order valence-electron chi connectivity index (χ3n) is 4.74. The summed E-state index contributed by atoms with van der Waals surface area (Å²) in [5.41, 5.74) is 4.58. The Labute approximate surface area is 164 Å². The van der Waals surface area contributed by atoms with E-state index in [2.05, 4.69) is 0 Å². The molecule has 0 aliphatic heterocycles. The molecule has 3 rings (SSSR count). The quantitative estimate of drug-likeness (QED) is 0.456. The average molecular weight is 374 g/mol. The van der Waals surface area contributed by atoms with Crippen LogP contribution in [-0.4, -0.2) is 11.9 Å². The Balaban J connectivity index is 1.83. The highest BCUT2D eigenvalue weighted by Gasteiger charge is 2.20. The Kier molecular flexibility index (Phi) is 5.59. The number of ether oxygens (including phenoxy) is 2. The van der Waals surface area contributed by atoms with Crippen molar-refractivity contribution in [2.75, 3.05) is 0 Å². The van der Waals surface area contributed by atoms with Gasteiger partial charge < -0.3 is 9.47 Å². The second kappa shape index (κ2) is 8.09. The smallest absolute Gasteiger partial charge is 0.344 e. The first-order valence-electron chi connectivity index (χ1n) is 9.03. The van der Waals surface area contributed by atoms with Gasteiger partial charge in [0.25, 0.3) is 0 Å². The zero-order valence-corrected chi connectivity index (χ0v) is 16.4. The Hall–Kier alpha value is -3.40. The van der Waals surface area contributed by atoms with Crippen molar-refractivity contribution in [1.29, 1.82) is 0 Å². The van der Waals surface area contributed by atoms with E-state index < -0.39 is 11.9 Å². The number of esters is 2. The molecule has 3 aromatic rings. The first-order valence-corrected chi connectivity index (χ1v) is 9.03. The molecule has 0 heterocycles. The molecule has 142 valence electrons. The Morgan fingerprint density at radius 1 is 0.571 bits per heavy atom. The fraction of sp³-hybridized carbons (Fsp3) is 0.167. The van der Waals surface area contributed by atoms with Crippen LogP contribution in [0.3, 0.4) is 0 Å². The second-order valence-electron chi connectivity index (χ2n) is 6.82. The molecule has 0 aromatic heterocycles. The van der Waals surface area contributed by atoms with Gasteiger partial charge in [0.2, 0.25) is 0 Å². The lowest BCUT2D eigenvalue weighted by atomic mass is 10.1. The number of carbonyl (C=O) groups excluding carboxylic acids is 2. The molecular formula is C24H22O4. The van der Waals surface area contributed by atoms with Crippen LogP contribution < -0.4 is 9.47 Å². The van der Waals surface area contributed by atoms with Crippen LogP contribution in [0.5, 0.6) is 11.5 Å². The highest BCUT2D eigenvalue weighted by atomic mass is 16.5. The molecule has 0 saturated carbocycles. The van der Waals surface area contributed by atoms with Gasteiger partial charge >= 0.3 is 11.9 Å². The first kappa shape index (κ1) is 19.4. The fourth-order valence-corrected chi connectivity index (χ4v) is 2.72. The van der Waals surface area contributed by atoms with E-state index in [9.17, 15) is 9.59 Å². The van der Waals surface area contributed by atoms with Gasteiger partial charge in [0.1, 0.15) is 11.5 Å². The minimum Gasteiger partial charge on any atom is -0.423 e. The molecule has 0 fully saturated rings. The summed E-state index contributed by atoms with van der Waals surface area (Å²) in [5.74, 6) is -0.331. The molecule has 0 unspecified atom stereocenters. The molecule has 3 aromatic carbocycles. The molecule has 0 aliphatic rings.